The van der Waals surface area contributed by atoms with Crippen molar-refractivity contribution in [3.63, 3.8) is 0 Å². The molecule has 0 aromatic heterocycles. The molecule has 2 aromatic carbocycles. The van der Waals surface area contributed by atoms with Crippen LogP contribution >= 0.6 is 0 Å². The highest BCUT2D eigenvalue weighted by Crippen LogP contribution is 2.25. The number of nitrogens with one attached hydrogen (secondary N) is 2. The zero-order valence-corrected chi connectivity index (χ0v) is 10.8. The van der Waals surface area contributed by atoms with E-state index >= 15 is 0 Å². The number of rotatable bonds is 1. The third kappa shape index (κ3) is 2.19. The zero-order chi connectivity index (χ0) is 13.2. The molecule has 0 aliphatic carbocycles. The van der Waals surface area contributed by atoms with Crippen LogP contribution in [0.2, 0.25) is 0 Å². The molecule has 1 aliphatic rings. The smallest absolute Gasteiger partial charge is 0.253 e. The van der Waals surface area contributed by atoms with E-state index in [1.165, 1.54) is 0 Å². The summed E-state index contributed by atoms with van der Waals surface area (Å²) in [6.07, 6.45) is 0. The Labute approximate surface area is 112 Å². The van der Waals surface area contributed by atoms with Crippen LogP contribution < -0.4 is 10.6 Å². The largest absolute Gasteiger partial charge is 0.382 e. The van der Waals surface area contributed by atoms with Crippen LogP contribution in [-0.2, 0) is 0 Å². The van der Waals surface area contributed by atoms with E-state index in [-0.39, 0.29) is 11.9 Å². The summed E-state index contributed by atoms with van der Waals surface area (Å²) in [5, 5.41) is 6.47. The molecule has 96 valence electrons. The van der Waals surface area contributed by atoms with Gasteiger partial charge < -0.3 is 10.6 Å². The summed E-state index contributed by atoms with van der Waals surface area (Å²) in [6, 6.07) is 15.8. The first-order valence-corrected chi connectivity index (χ1v) is 6.45. The molecule has 0 spiro atoms. The topological polar surface area (TPSA) is 41.1 Å². The van der Waals surface area contributed by atoms with Gasteiger partial charge in [-0.15, -0.1) is 0 Å². The maximum absolute atomic E-state index is 12.3. The molecule has 0 bridgehead atoms. The summed E-state index contributed by atoms with van der Waals surface area (Å²) in [5.74, 6) is -0.0162. The second kappa shape index (κ2) is 4.76. The number of fused-ring (bicyclic) bond motifs is 1. The van der Waals surface area contributed by atoms with Gasteiger partial charge in [-0.3, -0.25) is 4.79 Å². The highest BCUT2D eigenvalue weighted by Gasteiger charge is 2.22. The maximum atomic E-state index is 12.3. The van der Waals surface area contributed by atoms with E-state index in [9.17, 15) is 4.79 Å². The SMILES string of the molecule is Cc1cccc2c1NCC(c1ccccc1)NC2=O. The third-order valence-electron chi connectivity index (χ3n) is 3.51. The second-order valence-electron chi connectivity index (χ2n) is 4.82. The highest BCUT2D eigenvalue weighted by molar-refractivity contribution is 6.01. The highest BCUT2D eigenvalue weighted by atomic mass is 16.1. The third-order valence-corrected chi connectivity index (χ3v) is 3.51. The number of amides is 1. The predicted octanol–water partition coefficient (Wildman–Crippen LogP) is 2.89. The average molecular weight is 252 g/mol. The number of carbonyl (C=O) groups is 1. The van der Waals surface area contributed by atoms with Crippen molar-refractivity contribution in [2.24, 2.45) is 0 Å². The molecule has 1 amide bonds. The first-order chi connectivity index (χ1) is 9.25. The van der Waals surface area contributed by atoms with Gasteiger partial charge in [-0.25, -0.2) is 0 Å². The van der Waals surface area contributed by atoms with Crippen molar-refractivity contribution in [1.29, 1.82) is 0 Å². The number of hydrogen-bond donors (Lipinski definition) is 2. The van der Waals surface area contributed by atoms with E-state index in [1.54, 1.807) is 0 Å². The number of carbonyl (C=O) groups excluding carboxylic acids is 1. The van der Waals surface area contributed by atoms with Crippen molar-refractivity contribution in [3.8, 4) is 0 Å². The Morgan fingerprint density at radius 3 is 2.63 bits per heavy atom. The van der Waals surface area contributed by atoms with Gasteiger partial charge in [-0.2, -0.15) is 0 Å². The molecule has 3 heteroatoms. The summed E-state index contributed by atoms with van der Waals surface area (Å²) >= 11 is 0. The van der Waals surface area contributed by atoms with E-state index < -0.39 is 0 Å². The van der Waals surface area contributed by atoms with Crippen LogP contribution in [0.4, 0.5) is 5.69 Å². The summed E-state index contributed by atoms with van der Waals surface area (Å²) in [5.41, 5.74) is 3.88. The summed E-state index contributed by atoms with van der Waals surface area (Å²) in [7, 11) is 0. The molecule has 2 aromatic rings. The van der Waals surface area contributed by atoms with Crippen LogP contribution in [0.15, 0.2) is 48.5 Å². The van der Waals surface area contributed by atoms with Crippen LogP contribution in [0.25, 0.3) is 0 Å². The molecule has 1 heterocycles. The lowest BCUT2D eigenvalue weighted by Crippen LogP contribution is -2.29. The fourth-order valence-corrected chi connectivity index (χ4v) is 2.47. The first kappa shape index (κ1) is 11.8. The molecule has 1 atom stereocenters. The standard InChI is InChI=1S/C16H16N2O/c1-11-6-5-9-13-15(11)17-10-14(18-16(13)19)12-7-3-2-4-8-12/h2-9,14,17H,10H2,1H3,(H,18,19). The maximum Gasteiger partial charge on any atom is 0.253 e. The van der Waals surface area contributed by atoms with Gasteiger partial charge in [-0.05, 0) is 24.1 Å². The number of anilines is 1. The quantitative estimate of drug-likeness (QED) is 0.819. The van der Waals surface area contributed by atoms with E-state index in [0.29, 0.717) is 6.54 Å². The van der Waals surface area contributed by atoms with Crippen LogP contribution in [-0.4, -0.2) is 12.5 Å². The molecule has 1 unspecified atom stereocenters. The van der Waals surface area contributed by atoms with Crippen LogP contribution in [0.1, 0.15) is 27.5 Å². The van der Waals surface area contributed by atoms with E-state index in [0.717, 1.165) is 22.4 Å². The molecule has 19 heavy (non-hydrogen) atoms. The van der Waals surface area contributed by atoms with Crippen LogP contribution in [0, 0.1) is 6.92 Å². The van der Waals surface area contributed by atoms with Gasteiger partial charge in [0.15, 0.2) is 0 Å². The van der Waals surface area contributed by atoms with Crippen molar-refractivity contribution in [2.75, 3.05) is 11.9 Å². The Hall–Kier alpha value is -2.29. The molecule has 3 nitrogen and oxygen atoms in total. The summed E-state index contributed by atoms with van der Waals surface area (Å²) in [6.45, 7) is 2.72. The van der Waals surface area contributed by atoms with Gasteiger partial charge in [0, 0.05) is 12.2 Å². The molecule has 1 aliphatic heterocycles. The van der Waals surface area contributed by atoms with Gasteiger partial charge in [0.05, 0.1) is 11.6 Å². The molecule has 0 saturated heterocycles. The van der Waals surface area contributed by atoms with Gasteiger partial charge in [-0.1, -0.05) is 42.5 Å². The second-order valence-corrected chi connectivity index (χ2v) is 4.82. The van der Waals surface area contributed by atoms with Crippen molar-refractivity contribution < 1.29 is 4.79 Å². The normalized spacial score (nSPS) is 17.9. The monoisotopic (exact) mass is 252 g/mol. The summed E-state index contributed by atoms with van der Waals surface area (Å²) in [4.78, 5) is 12.3. The van der Waals surface area contributed by atoms with Crippen LogP contribution in [0.5, 0.6) is 0 Å². The molecule has 0 fully saturated rings. The molecule has 3 rings (SSSR count). The average Bonchev–Trinajstić information content (AvgIpc) is 2.61. The molecule has 0 radical (unpaired) electrons. The van der Waals surface area contributed by atoms with E-state index in [4.69, 9.17) is 0 Å². The fourth-order valence-electron chi connectivity index (χ4n) is 2.47. The van der Waals surface area contributed by atoms with Gasteiger partial charge in [0.25, 0.3) is 5.91 Å². The Morgan fingerprint density at radius 1 is 1.05 bits per heavy atom. The minimum Gasteiger partial charge on any atom is -0.382 e. The Balaban J connectivity index is 1.95. The van der Waals surface area contributed by atoms with E-state index in [1.807, 2.05) is 55.5 Å². The Kier molecular flexibility index (Phi) is 2.95. The van der Waals surface area contributed by atoms with Crippen LogP contribution in [0.3, 0.4) is 0 Å². The van der Waals surface area contributed by atoms with E-state index in [2.05, 4.69) is 10.6 Å². The lowest BCUT2D eigenvalue weighted by molar-refractivity contribution is 0.0942. The van der Waals surface area contributed by atoms with Crippen molar-refractivity contribution in [1.82, 2.24) is 5.32 Å². The molecular weight excluding hydrogens is 236 g/mol. The number of hydrogen-bond acceptors (Lipinski definition) is 2. The lowest BCUT2D eigenvalue weighted by Gasteiger charge is -2.16. The minimum absolute atomic E-state index is 0.000463. The van der Waals surface area contributed by atoms with Gasteiger partial charge >= 0.3 is 0 Å². The van der Waals surface area contributed by atoms with Gasteiger partial charge in [0.1, 0.15) is 0 Å². The number of para-hydroxylation sites is 1. The number of benzene rings is 2. The molecule has 2 N–H and O–H groups in total. The number of aryl methyl sites for hydroxylation is 1. The Morgan fingerprint density at radius 2 is 1.84 bits per heavy atom. The minimum atomic E-state index is -0.0162. The van der Waals surface area contributed by atoms with Crippen molar-refractivity contribution >= 4 is 11.6 Å². The van der Waals surface area contributed by atoms with Crippen molar-refractivity contribution in [3.05, 3.63) is 65.2 Å². The zero-order valence-electron chi connectivity index (χ0n) is 10.8. The van der Waals surface area contributed by atoms with Gasteiger partial charge in [0.2, 0.25) is 0 Å². The predicted molar refractivity (Wildman–Crippen MR) is 76.3 cm³/mol. The molecular formula is C16H16N2O. The lowest BCUT2D eigenvalue weighted by atomic mass is 10.1. The Bertz CT molecular complexity index is 607. The first-order valence-electron chi connectivity index (χ1n) is 6.45. The summed E-state index contributed by atoms with van der Waals surface area (Å²) < 4.78 is 0. The fraction of sp³-hybridized carbons (Fsp3) is 0.188. The molecule has 0 saturated carbocycles. The van der Waals surface area contributed by atoms with Crippen molar-refractivity contribution in [2.45, 2.75) is 13.0 Å².